The van der Waals surface area contributed by atoms with E-state index in [1.165, 1.54) is 42.1 Å². The number of ether oxygens (including phenoxy) is 1. The van der Waals surface area contributed by atoms with Crippen molar-refractivity contribution in [3.8, 4) is 5.75 Å². The number of aliphatic imine (C=N–C) groups is 1. The Labute approximate surface area is 198 Å². The van der Waals surface area contributed by atoms with Crippen molar-refractivity contribution < 1.29 is 18.7 Å². The number of hydrogen-bond acceptors (Lipinski definition) is 5. The van der Waals surface area contributed by atoms with Gasteiger partial charge in [-0.1, -0.05) is 66.4 Å². The third-order valence-corrected chi connectivity index (χ3v) is 6.01. The van der Waals surface area contributed by atoms with Gasteiger partial charge in [-0.25, -0.2) is 9.18 Å². The maximum atomic E-state index is 13.8. The molecule has 0 saturated heterocycles. The topological polar surface area (TPSA) is 82.8 Å². The van der Waals surface area contributed by atoms with Crippen LogP contribution in [0.2, 0.25) is 0 Å². The predicted molar refractivity (Wildman–Crippen MR) is 130 cm³/mol. The van der Waals surface area contributed by atoms with E-state index in [9.17, 15) is 14.0 Å². The number of benzene rings is 3. The predicted octanol–water partition coefficient (Wildman–Crippen LogP) is 5.35. The highest BCUT2D eigenvalue weighted by Crippen LogP contribution is 2.37. The van der Waals surface area contributed by atoms with Crippen LogP contribution in [-0.2, 0) is 4.79 Å². The number of amidine groups is 2. The molecule has 0 bridgehead atoms. The average molecular weight is 469 g/mol. The van der Waals surface area contributed by atoms with Gasteiger partial charge in [0.1, 0.15) is 17.4 Å². The zero-order chi connectivity index (χ0) is 23.7. The molecule has 6 nitrogen and oxygen atoms in total. The number of halogens is 1. The minimum absolute atomic E-state index is 0.0326. The van der Waals surface area contributed by atoms with E-state index in [0.717, 1.165) is 11.3 Å². The Morgan fingerprint density at radius 2 is 1.71 bits per heavy atom. The van der Waals surface area contributed by atoms with Gasteiger partial charge in [0.05, 0.1) is 16.8 Å². The molecule has 0 spiro atoms. The van der Waals surface area contributed by atoms with Gasteiger partial charge in [-0.2, -0.15) is 4.99 Å². The summed E-state index contributed by atoms with van der Waals surface area (Å²) >= 11 is 1.30. The summed E-state index contributed by atoms with van der Waals surface area (Å²) in [5, 5.41) is 11.0. The molecule has 5 rings (SSSR count). The van der Waals surface area contributed by atoms with Gasteiger partial charge in [-0.3, -0.25) is 15.1 Å². The fourth-order valence-electron chi connectivity index (χ4n) is 3.50. The summed E-state index contributed by atoms with van der Waals surface area (Å²) in [5.74, 6) is -1.70. The molecule has 166 valence electrons. The molecule has 1 N–H and O–H groups in total. The van der Waals surface area contributed by atoms with Gasteiger partial charge in [0.25, 0.3) is 5.91 Å². The number of nitrogens with zero attached hydrogens (tertiary/aromatic N) is 2. The van der Waals surface area contributed by atoms with Gasteiger partial charge in [0.15, 0.2) is 5.17 Å². The first-order valence-corrected chi connectivity index (χ1v) is 11.1. The van der Waals surface area contributed by atoms with Crippen LogP contribution in [0.25, 0.3) is 11.8 Å². The van der Waals surface area contributed by atoms with Crippen LogP contribution < -0.4 is 4.74 Å². The van der Waals surface area contributed by atoms with Gasteiger partial charge in [-0.05, 0) is 41.5 Å². The molecule has 0 fully saturated rings. The number of fused-ring (bicyclic) bond motifs is 1. The molecule has 0 saturated carbocycles. The maximum Gasteiger partial charge on any atom is 0.346 e. The quantitative estimate of drug-likeness (QED) is 0.316. The van der Waals surface area contributed by atoms with Crippen LogP contribution in [0.5, 0.6) is 5.75 Å². The van der Waals surface area contributed by atoms with E-state index in [4.69, 9.17) is 10.1 Å². The summed E-state index contributed by atoms with van der Waals surface area (Å²) in [5.41, 5.74) is 2.30. The van der Waals surface area contributed by atoms with Crippen molar-refractivity contribution in [2.45, 2.75) is 0 Å². The van der Waals surface area contributed by atoms with Crippen molar-refractivity contribution in [1.29, 1.82) is 5.41 Å². The molecule has 3 aromatic carbocycles. The molecule has 1 amide bonds. The highest BCUT2D eigenvalue weighted by molar-refractivity contribution is 8.17. The highest BCUT2D eigenvalue weighted by atomic mass is 32.2. The van der Waals surface area contributed by atoms with Crippen LogP contribution in [0.1, 0.15) is 21.5 Å². The number of nitrogens with one attached hydrogen (secondary N) is 1. The molecule has 8 heteroatoms. The minimum atomic E-state index is -0.804. The first-order valence-electron chi connectivity index (χ1n) is 10.2. The number of amides is 1. The number of rotatable bonds is 4. The van der Waals surface area contributed by atoms with Crippen molar-refractivity contribution in [2.75, 3.05) is 0 Å². The second-order valence-corrected chi connectivity index (χ2v) is 8.20. The second kappa shape index (κ2) is 8.92. The first kappa shape index (κ1) is 21.5. The Hall–Kier alpha value is -4.30. The summed E-state index contributed by atoms with van der Waals surface area (Å²) in [6.45, 7) is 0. The lowest BCUT2D eigenvalue weighted by atomic mass is 10.1. The molecule has 0 aliphatic carbocycles. The van der Waals surface area contributed by atoms with Gasteiger partial charge in [0.2, 0.25) is 0 Å². The Morgan fingerprint density at radius 1 is 1.00 bits per heavy atom. The summed E-state index contributed by atoms with van der Waals surface area (Å²) in [4.78, 5) is 30.6. The number of hydrogen-bond donors (Lipinski definition) is 1. The minimum Gasteiger partial charge on any atom is -0.423 e. The molecule has 0 unspecified atom stereocenters. The van der Waals surface area contributed by atoms with E-state index in [1.54, 1.807) is 29.2 Å². The Morgan fingerprint density at radius 3 is 2.44 bits per heavy atom. The van der Waals surface area contributed by atoms with Crippen molar-refractivity contribution in [3.63, 3.8) is 0 Å². The van der Waals surface area contributed by atoms with Crippen molar-refractivity contribution in [2.24, 2.45) is 4.99 Å². The van der Waals surface area contributed by atoms with E-state index in [1.807, 2.05) is 35.7 Å². The molecule has 2 heterocycles. The van der Waals surface area contributed by atoms with E-state index >= 15 is 0 Å². The van der Waals surface area contributed by atoms with Crippen molar-refractivity contribution in [1.82, 2.24) is 4.90 Å². The fraction of sp³-hybridized carbons (Fsp3) is 0. The number of thioether (sulfide) groups is 1. The van der Waals surface area contributed by atoms with Gasteiger partial charge in [0, 0.05) is 5.41 Å². The molecule has 0 radical (unpaired) electrons. The Bertz CT molecular complexity index is 1410. The lowest BCUT2D eigenvalue weighted by molar-refractivity contribution is -0.114. The molecular weight excluding hydrogens is 453 g/mol. The standard InChI is InChI=1S/C26H16FN3O3S/c27-21-9-5-4-8-19(21)25(32)33-18-12-10-16(11-13-18)14-20-23(28)30-22(17-6-2-1-3-7-17)15-34-26(30)29-24(20)31/h1-15,28H/b20-14+,28-23?. The average Bonchev–Trinajstić information content (AvgIpc) is 3.27. The molecule has 0 aromatic heterocycles. The van der Waals surface area contributed by atoms with Crippen LogP contribution in [0.3, 0.4) is 0 Å². The van der Waals surface area contributed by atoms with E-state index in [2.05, 4.69) is 4.99 Å². The van der Waals surface area contributed by atoms with Crippen LogP contribution in [-0.4, -0.2) is 27.8 Å². The lowest BCUT2D eigenvalue weighted by Gasteiger charge is -2.26. The fourth-order valence-corrected chi connectivity index (χ4v) is 4.39. The molecule has 34 heavy (non-hydrogen) atoms. The molecule has 3 aromatic rings. The van der Waals surface area contributed by atoms with Gasteiger partial charge in [-0.15, -0.1) is 0 Å². The van der Waals surface area contributed by atoms with E-state index < -0.39 is 17.7 Å². The summed E-state index contributed by atoms with van der Waals surface area (Å²) in [6.07, 6.45) is 1.57. The third-order valence-electron chi connectivity index (χ3n) is 5.18. The maximum absolute atomic E-state index is 13.8. The molecular formula is C26H16FN3O3S. The zero-order valence-corrected chi connectivity index (χ0v) is 18.4. The van der Waals surface area contributed by atoms with E-state index in [0.29, 0.717) is 10.7 Å². The van der Waals surface area contributed by atoms with Gasteiger partial charge >= 0.3 is 5.97 Å². The SMILES string of the molecule is N=C1/C(=C\c2ccc(OC(=O)c3ccccc3F)cc2)C(=O)N=C2SC=C(c3ccccc3)N12. The van der Waals surface area contributed by atoms with Gasteiger partial charge < -0.3 is 4.74 Å². The highest BCUT2D eigenvalue weighted by Gasteiger charge is 2.36. The van der Waals surface area contributed by atoms with Crippen LogP contribution in [0.15, 0.2) is 94.8 Å². The third kappa shape index (κ3) is 4.06. The normalized spacial score (nSPS) is 16.3. The van der Waals surface area contributed by atoms with Crippen LogP contribution in [0.4, 0.5) is 4.39 Å². The second-order valence-electron chi connectivity index (χ2n) is 7.37. The summed E-state index contributed by atoms with van der Waals surface area (Å²) in [7, 11) is 0. The Kier molecular flexibility index (Phi) is 5.65. The lowest BCUT2D eigenvalue weighted by Crippen LogP contribution is -2.38. The molecule has 2 aliphatic heterocycles. The van der Waals surface area contributed by atoms with Crippen LogP contribution >= 0.6 is 11.8 Å². The number of carbonyl (C=O) groups is 2. The largest absolute Gasteiger partial charge is 0.423 e. The van der Waals surface area contributed by atoms with Crippen molar-refractivity contribution >= 4 is 46.4 Å². The van der Waals surface area contributed by atoms with Crippen molar-refractivity contribution in [3.05, 3.63) is 112 Å². The summed E-state index contributed by atoms with van der Waals surface area (Å²) in [6, 6.07) is 21.5. The monoisotopic (exact) mass is 469 g/mol. The summed E-state index contributed by atoms with van der Waals surface area (Å²) < 4.78 is 19.0. The van der Waals surface area contributed by atoms with E-state index in [-0.39, 0.29) is 22.7 Å². The number of carbonyl (C=O) groups excluding carboxylic acids is 2. The zero-order valence-electron chi connectivity index (χ0n) is 17.6. The molecule has 2 aliphatic rings. The Balaban J connectivity index is 1.37. The molecule has 0 atom stereocenters. The number of esters is 1. The smallest absolute Gasteiger partial charge is 0.346 e. The first-order chi connectivity index (χ1) is 16.5. The van der Waals surface area contributed by atoms with Crippen LogP contribution in [0, 0.1) is 11.2 Å².